The van der Waals surface area contributed by atoms with E-state index in [1.165, 1.54) is 36.0 Å². The first-order chi connectivity index (χ1) is 38.0. The van der Waals surface area contributed by atoms with Gasteiger partial charge in [-0.25, -0.2) is 4.79 Å². The second-order valence-electron chi connectivity index (χ2n) is 18.8. The Bertz CT molecular complexity index is 2450. The van der Waals surface area contributed by atoms with Crippen molar-refractivity contribution in [1.29, 1.82) is 0 Å². The van der Waals surface area contributed by atoms with Crippen LogP contribution in [0.2, 0.25) is 0 Å². The van der Waals surface area contributed by atoms with Gasteiger partial charge in [0.15, 0.2) is 5.96 Å². The summed E-state index contributed by atoms with van der Waals surface area (Å²) < 4.78 is 0. The first-order valence-electron chi connectivity index (χ1n) is 25.4. The molecule has 0 radical (unpaired) electrons. The van der Waals surface area contributed by atoms with Crippen LogP contribution in [0.15, 0.2) is 29.3 Å². The molecule has 32 nitrogen and oxygen atoms in total. The third kappa shape index (κ3) is 25.1. The number of carbonyl (C=O) groups is 13. The van der Waals surface area contributed by atoms with Crippen molar-refractivity contribution in [2.45, 2.75) is 151 Å². The molecule has 1 aromatic rings. The van der Waals surface area contributed by atoms with E-state index in [9.17, 15) is 93.0 Å². The van der Waals surface area contributed by atoms with Crippen LogP contribution >= 0.6 is 11.8 Å². The number of aromatic hydroxyl groups is 1. The second-order valence-corrected chi connectivity index (χ2v) is 19.8. The van der Waals surface area contributed by atoms with Gasteiger partial charge in [-0.2, -0.15) is 11.8 Å². The van der Waals surface area contributed by atoms with Crippen LogP contribution in [-0.4, -0.2) is 204 Å². The normalized spacial score (nSPS) is 16.1. The number of carboxylic acids is 4. The molecule has 2 rings (SSSR count). The number of aliphatic carboxylic acids is 4. The fourth-order valence-corrected chi connectivity index (χ4v) is 8.48. The topological polar surface area (TPSA) is 547 Å². The number of likely N-dealkylation sites (tertiary alicyclic amines) is 1. The Morgan fingerprint density at radius 1 is 0.642 bits per heavy atom. The van der Waals surface area contributed by atoms with Crippen molar-refractivity contribution in [2.24, 2.45) is 27.9 Å². The molecule has 0 bridgehead atoms. The van der Waals surface area contributed by atoms with Gasteiger partial charge in [0.2, 0.25) is 53.2 Å². The van der Waals surface area contributed by atoms with Gasteiger partial charge in [0, 0.05) is 38.8 Å². The van der Waals surface area contributed by atoms with Gasteiger partial charge in [0.1, 0.15) is 54.1 Å². The lowest BCUT2D eigenvalue weighted by Gasteiger charge is -2.31. The molecule has 1 aromatic carbocycles. The van der Waals surface area contributed by atoms with E-state index < -0.39 is 170 Å². The molecular formula is C48H73N13O19S. The number of rotatable bonds is 37. The van der Waals surface area contributed by atoms with Gasteiger partial charge in [0.05, 0.1) is 18.6 Å². The predicted octanol–water partition coefficient (Wildman–Crippen LogP) is -5.61. The van der Waals surface area contributed by atoms with Gasteiger partial charge >= 0.3 is 23.9 Å². The molecule has 0 aromatic heterocycles. The summed E-state index contributed by atoms with van der Waals surface area (Å²) in [6, 6.07) is -9.54. The zero-order valence-corrected chi connectivity index (χ0v) is 45.3. The van der Waals surface area contributed by atoms with Crippen molar-refractivity contribution < 1.29 is 93.0 Å². The van der Waals surface area contributed by atoms with Gasteiger partial charge < -0.3 is 95.7 Å². The van der Waals surface area contributed by atoms with Crippen LogP contribution in [0.4, 0.5) is 0 Å². The number of aliphatic hydroxyl groups is 1. The fraction of sp³-hybridized carbons (Fsp3) is 0.583. The summed E-state index contributed by atoms with van der Waals surface area (Å²) in [5.41, 5.74) is 22.3. The van der Waals surface area contributed by atoms with E-state index in [1.807, 2.05) is 0 Å². The molecule has 450 valence electrons. The van der Waals surface area contributed by atoms with Crippen molar-refractivity contribution >= 4 is 94.8 Å². The van der Waals surface area contributed by atoms with Crippen LogP contribution < -0.4 is 60.2 Å². The monoisotopic (exact) mass is 1170 g/mol. The molecule has 9 amide bonds. The number of benzene rings is 1. The number of hydrogen-bond donors (Lipinski definition) is 17. The summed E-state index contributed by atoms with van der Waals surface area (Å²) in [6.07, 6.45) is -4.68. The lowest BCUT2D eigenvalue weighted by Crippen LogP contribution is -2.62. The lowest BCUT2D eigenvalue weighted by atomic mass is 10.0. The highest BCUT2D eigenvalue weighted by molar-refractivity contribution is 7.98. The molecule has 1 saturated heterocycles. The number of aliphatic imine (C=N–C) groups is 1. The van der Waals surface area contributed by atoms with Crippen molar-refractivity contribution in [3.63, 3.8) is 0 Å². The zero-order valence-electron chi connectivity index (χ0n) is 44.5. The summed E-state index contributed by atoms with van der Waals surface area (Å²) in [6.45, 7) is 1.18. The minimum Gasteiger partial charge on any atom is -0.508 e. The second kappa shape index (κ2) is 34.6. The number of carbonyl (C=O) groups excluding carboxylic acids is 9. The number of hydrogen-bond acceptors (Lipinski definition) is 18. The third-order valence-electron chi connectivity index (χ3n) is 12.3. The van der Waals surface area contributed by atoms with Crippen LogP contribution in [0.3, 0.4) is 0 Å². The number of nitrogens with one attached hydrogen (secondary N) is 7. The van der Waals surface area contributed by atoms with E-state index in [-0.39, 0.29) is 69.7 Å². The number of nitrogens with two attached hydrogens (primary N) is 4. The molecule has 0 saturated carbocycles. The van der Waals surface area contributed by atoms with Crippen LogP contribution in [0.25, 0.3) is 0 Å². The van der Waals surface area contributed by atoms with E-state index in [2.05, 4.69) is 42.2 Å². The number of amides is 9. The Morgan fingerprint density at radius 3 is 1.63 bits per heavy atom. The summed E-state index contributed by atoms with van der Waals surface area (Å²) in [4.78, 5) is 174. The smallest absolute Gasteiger partial charge is 0.326 e. The Balaban J connectivity index is 2.35. The molecule has 0 spiro atoms. The quantitative estimate of drug-likeness (QED) is 0.0168. The SMILES string of the molecule is CSCC[C@H](NC(=O)[C@H](CCC(N)=O)NC(=O)[C@@H](N)CCCN=C(N)N)C(=O)N1CCC[C@H]1C(=O)N[C@H](C(=O)N[C@@H](CCC(=O)O)C(=O)N[C@@H](CC(=O)O)C(=O)N[C@@H](CCC(=O)O)C(=O)N[C@@H](Cc1ccc(O)cc1)C(=O)O)[C@@H](C)O. The van der Waals surface area contributed by atoms with Crippen LogP contribution in [0.5, 0.6) is 5.75 Å². The van der Waals surface area contributed by atoms with E-state index in [4.69, 9.17) is 22.9 Å². The molecule has 1 aliphatic rings. The average molecular weight is 1170 g/mol. The molecule has 1 fully saturated rings. The number of primary amides is 1. The van der Waals surface area contributed by atoms with Gasteiger partial charge in [-0.3, -0.25) is 62.5 Å². The number of phenols is 1. The van der Waals surface area contributed by atoms with Gasteiger partial charge in [0.25, 0.3) is 0 Å². The molecular weight excluding hydrogens is 1090 g/mol. The van der Waals surface area contributed by atoms with Crippen LogP contribution in [0, 0.1) is 0 Å². The average Bonchev–Trinajstić information content (AvgIpc) is 3.89. The molecule has 0 aliphatic carbocycles. The van der Waals surface area contributed by atoms with Crippen LogP contribution in [-0.2, 0) is 68.7 Å². The first kappa shape index (κ1) is 68.8. The maximum atomic E-state index is 14.3. The Labute approximate surface area is 468 Å². The first-order valence-corrected chi connectivity index (χ1v) is 26.8. The number of nitrogens with zero attached hydrogens (tertiary/aromatic N) is 2. The third-order valence-corrected chi connectivity index (χ3v) is 12.9. The number of carboxylic acid groups (broad SMARTS) is 4. The fourth-order valence-electron chi connectivity index (χ4n) is 8.01. The molecule has 21 N–H and O–H groups in total. The minimum atomic E-state index is -2.13. The number of thioether (sulfide) groups is 1. The van der Waals surface area contributed by atoms with Crippen molar-refractivity contribution in [3.8, 4) is 5.75 Å². The zero-order chi connectivity index (χ0) is 61.1. The van der Waals surface area contributed by atoms with Gasteiger partial charge in [-0.05, 0) is 88.0 Å². The van der Waals surface area contributed by atoms with Crippen molar-refractivity contribution in [3.05, 3.63) is 29.8 Å². The molecule has 1 heterocycles. The van der Waals surface area contributed by atoms with E-state index in [0.29, 0.717) is 17.7 Å². The minimum absolute atomic E-state index is 0.00171. The molecule has 33 heteroatoms. The Morgan fingerprint density at radius 2 is 1.14 bits per heavy atom. The van der Waals surface area contributed by atoms with E-state index in [1.54, 1.807) is 6.26 Å². The highest BCUT2D eigenvalue weighted by Gasteiger charge is 2.41. The highest BCUT2D eigenvalue weighted by atomic mass is 32.2. The predicted molar refractivity (Wildman–Crippen MR) is 285 cm³/mol. The maximum absolute atomic E-state index is 14.3. The molecule has 10 atom stereocenters. The van der Waals surface area contributed by atoms with E-state index in [0.717, 1.165) is 11.8 Å². The maximum Gasteiger partial charge on any atom is 0.326 e. The number of guanidine groups is 1. The standard InChI is InChI=1S/C48H73N13O19S/c1-23(62)38(60-44(76)33-6-4-19-61(33)46(78)30(17-20-81-2)57-40(72)27(11-14-34(50)64)54-39(71)26(49)5-3-18-53-48(51)52)45(77)56-29(13-16-36(67)68)41(73)58-31(22-37(69)70)43(75)55-28(12-15-35(65)66)42(74)59-32(47(79)80)21-24-7-9-25(63)10-8-24/h7-10,23,26-33,38,62-63H,3-6,11-22,49H2,1-2H3,(H2,50,64)(H,54,71)(H,55,75)(H,56,77)(H,57,72)(H,58,73)(H,59,74)(H,60,76)(H,65,66)(H,67,68)(H,69,70)(H,79,80)(H4,51,52,53)/t23-,26+,27+,28+,29+,30+,31+,32+,33+,38+/m1/s1. The van der Waals surface area contributed by atoms with Gasteiger partial charge in [-0.1, -0.05) is 12.1 Å². The van der Waals surface area contributed by atoms with Crippen molar-refractivity contribution in [2.75, 3.05) is 25.1 Å². The van der Waals surface area contributed by atoms with Gasteiger partial charge in [-0.15, -0.1) is 0 Å². The summed E-state index contributed by atoms with van der Waals surface area (Å²) in [5, 5.41) is 74.7. The number of aliphatic hydroxyl groups excluding tert-OH is 1. The molecule has 1 aliphatic heterocycles. The summed E-state index contributed by atoms with van der Waals surface area (Å²) >= 11 is 1.31. The highest BCUT2D eigenvalue weighted by Crippen LogP contribution is 2.21. The lowest BCUT2D eigenvalue weighted by molar-refractivity contribution is -0.144. The van der Waals surface area contributed by atoms with Crippen LogP contribution in [0.1, 0.15) is 89.5 Å². The summed E-state index contributed by atoms with van der Waals surface area (Å²) in [7, 11) is 0. The van der Waals surface area contributed by atoms with Crippen molar-refractivity contribution in [1.82, 2.24) is 42.1 Å². The number of phenolic OH excluding ortho intramolecular Hbond substituents is 1. The largest absolute Gasteiger partial charge is 0.508 e. The molecule has 81 heavy (non-hydrogen) atoms. The molecule has 0 unspecified atom stereocenters. The summed E-state index contributed by atoms with van der Waals surface area (Å²) in [5.74, 6) is -15.8. The Hall–Kier alpha value is -8.33. The Kier molecular flexibility index (Phi) is 29.4. The van der Waals surface area contributed by atoms with E-state index >= 15 is 0 Å².